The molecule has 2 aromatic rings. The number of aromatic nitrogens is 2. The maximum atomic E-state index is 13.0. The lowest BCUT2D eigenvalue weighted by molar-refractivity contribution is -0.385. The van der Waals surface area contributed by atoms with E-state index in [1.54, 1.807) is 0 Å². The molecular weight excluding hydrogens is 397 g/mol. The van der Waals surface area contributed by atoms with Crippen LogP contribution in [0.15, 0.2) is 30.5 Å². The second-order valence-corrected chi connectivity index (χ2v) is 6.79. The number of nitrogens with zero attached hydrogens (tertiary/aromatic N) is 3. The quantitative estimate of drug-likeness (QED) is 0.425. The number of alkyl halides is 3. The Morgan fingerprint density at radius 1 is 1.30 bits per heavy atom. The van der Waals surface area contributed by atoms with Gasteiger partial charge in [-0.3, -0.25) is 14.9 Å². The number of nitrogens with two attached hydrogens (primary N) is 1. The Bertz CT molecular complexity index is 953. The molecule has 146 valence electrons. The molecule has 0 spiro atoms. The van der Waals surface area contributed by atoms with E-state index in [0.717, 1.165) is 35.1 Å². The molecule has 0 saturated carbocycles. The average Bonchev–Trinajstić information content (AvgIpc) is 2.97. The van der Waals surface area contributed by atoms with Gasteiger partial charge in [-0.05, 0) is 17.7 Å². The molecule has 1 amide bonds. The lowest BCUT2D eigenvalue weighted by Crippen LogP contribution is -2.28. The molecule has 0 aliphatic heterocycles. The summed E-state index contributed by atoms with van der Waals surface area (Å²) in [5.41, 5.74) is 3.19. The molecule has 1 aromatic carbocycles. The van der Waals surface area contributed by atoms with Crippen LogP contribution in [0.4, 0.5) is 18.9 Å². The second kappa shape index (κ2) is 6.96. The summed E-state index contributed by atoms with van der Waals surface area (Å²) in [5, 5.41) is 14.5. The lowest BCUT2D eigenvalue weighted by atomic mass is 10.0. The van der Waals surface area contributed by atoms with Gasteiger partial charge in [-0.25, -0.2) is 13.1 Å². The van der Waals surface area contributed by atoms with Gasteiger partial charge >= 0.3 is 11.9 Å². The number of primary amides is 1. The molecule has 14 heteroatoms. The van der Waals surface area contributed by atoms with E-state index in [-0.39, 0.29) is 5.69 Å². The van der Waals surface area contributed by atoms with Crippen LogP contribution in [-0.4, -0.2) is 45.5 Å². The predicted molar refractivity (Wildman–Crippen MR) is 82.1 cm³/mol. The van der Waals surface area contributed by atoms with Crippen LogP contribution < -0.4 is 5.73 Å². The predicted octanol–water partition coefficient (Wildman–Crippen LogP) is 1.07. The molecule has 10 nitrogen and oxygen atoms in total. The Balaban J connectivity index is 2.43. The van der Waals surface area contributed by atoms with Crippen molar-refractivity contribution >= 4 is 21.7 Å². The highest BCUT2D eigenvalue weighted by Crippen LogP contribution is 2.36. The third-order valence-electron chi connectivity index (χ3n) is 3.45. The summed E-state index contributed by atoms with van der Waals surface area (Å²) in [4.78, 5) is 21.2. The third-order valence-corrected chi connectivity index (χ3v) is 4.19. The van der Waals surface area contributed by atoms with E-state index in [2.05, 4.69) is 5.10 Å². The van der Waals surface area contributed by atoms with Crippen molar-refractivity contribution in [3.8, 4) is 5.69 Å². The van der Waals surface area contributed by atoms with Crippen LogP contribution in [0.3, 0.4) is 0 Å². The second-order valence-electron chi connectivity index (χ2n) is 5.34. The van der Waals surface area contributed by atoms with Crippen molar-refractivity contribution in [3.05, 3.63) is 51.8 Å². The van der Waals surface area contributed by atoms with Crippen LogP contribution in [0.2, 0.25) is 0 Å². The number of carbonyl (C=O) groups is 1. The first-order valence-electron chi connectivity index (χ1n) is 6.94. The van der Waals surface area contributed by atoms with Crippen LogP contribution in [0.5, 0.6) is 0 Å². The summed E-state index contributed by atoms with van der Waals surface area (Å²) < 4.78 is 72.2. The van der Waals surface area contributed by atoms with Crippen molar-refractivity contribution in [1.82, 2.24) is 9.78 Å². The largest absolute Gasteiger partial charge is 0.748 e. The van der Waals surface area contributed by atoms with Gasteiger partial charge in [0.25, 0.3) is 5.91 Å². The number of halogens is 3. The highest BCUT2D eigenvalue weighted by molar-refractivity contribution is 7.85. The molecule has 0 aliphatic carbocycles. The highest BCUT2D eigenvalue weighted by atomic mass is 32.2. The first-order valence-corrected chi connectivity index (χ1v) is 8.52. The van der Waals surface area contributed by atoms with E-state index >= 15 is 0 Å². The molecule has 0 fully saturated rings. The summed E-state index contributed by atoms with van der Waals surface area (Å²) >= 11 is 0. The van der Waals surface area contributed by atoms with Crippen LogP contribution in [0.1, 0.15) is 22.0 Å². The van der Waals surface area contributed by atoms with Gasteiger partial charge in [0, 0.05) is 0 Å². The molecule has 1 heterocycles. The smallest absolute Gasteiger partial charge is 0.396 e. The molecule has 0 saturated heterocycles. The molecule has 0 aliphatic rings. The van der Waals surface area contributed by atoms with Crippen LogP contribution >= 0.6 is 0 Å². The summed E-state index contributed by atoms with van der Waals surface area (Å²) in [7, 11) is -5.15. The maximum Gasteiger partial charge on any atom is 0.396 e. The number of hydrogen-bond donors (Lipinski definition) is 1. The molecule has 0 radical (unpaired) electrons. The van der Waals surface area contributed by atoms with Crippen LogP contribution in [0.25, 0.3) is 5.69 Å². The zero-order valence-electron chi connectivity index (χ0n) is 13.1. The Hall–Kier alpha value is -3.00. The molecular formula is C13H10F3N4O6S-. The minimum atomic E-state index is -5.15. The first kappa shape index (κ1) is 20.3. The van der Waals surface area contributed by atoms with E-state index in [1.807, 2.05) is 0 Å². The summed E-state index contributed by atoms with van der Waals surface area (Å²) in [6.45, 7) is 0. The fraction of sp³-hybridized carbons (Fsp3) is 0.231. The van der Waals surface area contributed by atoms with Gasteiger partial charge in [0.05, 0.1) is 32.4 Å². The Morgan fingerprint density at radius 2 is 1.85 bits per heavy atom. The van der Waals surface area contributed by atoms with Gasteiger partial charge in [-0.2, -0.15) is 18.3 Å². The van der Waals surface area contributed by atoms with Gasteiger partial charge in [0.2, 0.25) is 5.69 Å². The lowest BCUT2D eigenvalue weighted by Gasteiger charge is -2.22. The molecule has 1 aromatic heterocycles. The van der Waals surface area contributed by atoms with E-state index in [4.69, 9.17) is 5.73 Å². The van der Waals surface area contributed by atoms with E-state index in [0.29, 0.717) is 0 Å². The van der Waals surface area contributed by atoms with Gasteiger partial charge in [-0.1, -0.05) is 12.1 Å². The molecule has 2 rings (SSSR count). The van der Waals surface area contributed by atoms with E-state index in [9.17, 15) is 41.1 Å². The molecule has 27 heavy (non-hydrogen) atoms. The minimum Gasteiger partial charge on any atom is -0.748 e. The SMILES string of the molecule is NC(=O)c1nn(-c2ccc(C(CS(=O)(=O)[O-])C(F)(F)F)cc2)cc1[N+](=O)[O-]. The normalized spacial score (nSPS) is 13.3. The van der Waals surface area contributed by atoms with Crippen molar-refractivity contribution in [1.29, 1.82) is 0 Å². The Morgan fingerprint density at radius 3 is 2.22 bits per heavy atom. The number of carbonyl (C=O) groups excluding carboxylic acids is 1. The fourth-order valence-corrected chi connectivity index (χ4v) is 3.04. The minimum absolute atomic E-state index is 0.0419. The zero-order valence-corrected chi connectivity index (χ0v) is 13.9. The monoisotopic (exact) mass is 407 g/mol. The van der Waals surface area contributed by atoms with Crippen molar-refractivity contribution in [2.75, 3.05) is 5.75 Å². The van der Waals surface area contributed by atoms with Crippen LogP contribution in [0, 0.1) is 10.1 Å². The van der Waals surface area contributed by atoms with Crippen molar-refractivity contribution in [2.45, 2.75) is 12.1 Å². The summed E-state index contributed by atoms with van der Waals surface area (Å²) in [6.07, 6.45) is -4.14. The highest BCUT2D eigenvalue weighted by Gasteiger charge is 2.41. The number of benzene rings is 1. The van der Waals surface area contributed by atoms with Crippen LogP contribution in [-0.2, 0) is 10.1 Å². The van der Waals surface area contributed by atoms with E-state index in [1.165, 1.54) is 0 Å². The number of amides is 1. The molecule has 2 N–H and O–H groups in total. The Kier molecular flexibility index (Phi) is 5.23. The summed E-state index contributed by atoms with van der Waals surface area (Å²) in [5.74, 6) is -5.38. The zero-order chi connectivity index (χ0) is 20.6. The fourth-order valence-electron chi connectivity index (χ4n) is 2.25. The van der Waals surface area contributed by atoms with Crippen molar-refractivity contribution in [2.24, 2.45) is 5.73 Å². The first-order chi connectivity index (χ1) is 12.3. The van der Waals surface area contributed by atoms with Gasteiger partial charge in [-0.15, -0.1) is 0 Å². The third kappa shape index (κ3) is 4.79. The number of rotatable bonds is 6. The molecule has 1 unspecified atom stereocenters. The number of hydrogen-bond acceptors (Lipinski definition) is 7. The van der Waals surface area contributed by atoms with Crippen molar-refractivity contribution < 1.29 is 35.9 Å². The van der Waals surface area contributed by atoms with Gasteiger partial charge in [0.1, 0.15) is 6.20 Å². The molecule has 1 atom stereocenters. The summed E-state index contributed by atoms with van der Waals surface area (Å²) in [6, 6.07) is 3.92. The average molecular weight is 407 g/mol. The van der Waals surface area contributed by atoms with Gasteiger partial charge < -0.3 is 10.3 Å². The van der Waals surface area contributed by atoms with Gasteiger partial charge in [0.15, 0.2) is 0 Å². The maximum absolute atomic E-state index is 13.0. The molecule has 0 bridgehead atoms. The standard InChI is InChI=1S/C13H11F3N4O6S/c14-13(15,16)9(6-27(24,25)26)7-1-3-8(4-2-7)19-5-10(20(22)23)11(18-19)12(17)21/h1-5,9H,6H2,(H2,17,21)(H,24,25,26)/p-1. The number of nitro groups is 1. The van der Waals surface area contributed by atoms with Crippen molar-refractivity contribution in [3.63, 3.8) is 0 Å². The Labute approximate surface area is 149 Å². The van der Waals surface area contributed by atoms with E-state index < -0.39 is 55.7 Å². The topological polar surface area (TPSA) is 161 Å².